The second-order valence-electron chi connectivity index (χ2n) is 8.27. The first kappa shape index (κ1) is 20.8. The third kappa shape index (κ3) is 3.91. The summed E-state index contributed by atoms with van der Waals surface area (Å²) in [7, 11) is 0. The quantitative estimate of drug-likeness (QED) is 0.459. The van der Waals surface area contributed by atoms with Gasteiger partial charge >= 0.3 is 0 Å². The van der Waals surface area contributed by atoms with Crippen molar-refractivity contribution in [1.82, 2.24) is 34.7 Å². The number of nitrogens with zero attached hydrogens (tertiary/aromatic N) is 7. The largest absolute Gasteiger partial charge is 0.338 e. The summed E-state index contributed by atoms with van der Waals surface area (Å²) in [6.45, 7) is 9.41. The van der Waals surface area contributed by atoms with Crippen LogP contribution in [0.5, 0.6) is 0 Å². The molecule has 0 aliphatic carbocycles. The first-order valence-corrected chi connectivity index (χ1v) is 11.6. The van der Waals surface area contributed by atoms with Gasteiger partial charge in [0, 0.05) is 37.6 Å². The average Bonchev–Trinajstić information content (AvgIpc) is 3.53. The van der Waals surface area contributed by atoms with Crippen molar-refractivity contribution >= 4 is 28.3 Å². The number of amides is 1. The minimum absolute atomic E-state index is 0.0200. The van der Waals surface area contributed by atoms with Gasteiger partial charge in [0.2, 0.25) is 11.7 Å². The Balaban J connectivity index is 1.23. The molecule has 1 aliphatic rings. The molecule has 4 aromatic heterocycles. The molecular weight excluding hydrogens is 426 g/mol. The molecule has 4 aromatic rings. The lowest BCUT2D eigenvalue weighted by molar-refractivity contribution is 0.0614. The van der Waals surface area contributed by atoms with E-state index in [-0.39, 0.29) is 11.9 Å². The van der Waals surface area contributed by atoms with Crippen LogP contribution in [0, 0.1) is 6.92 Å². The van der Waals surface area contributed by atoms with Crippen LogP contribution in [-0.4, -0.2) is 66.8 Å². The van der Waals surface area contributed by atoms with Crippen LogP contribution in [0.15, 0.2) is 34.3 Å². The SMILES string of the molecule is Cc1nc2c(cnn2C(C)C)cc1C(=O)N1CCN(Cc2nc(-c3cccs3)no2)CC1. The average molecular weight is 452 g/mol. The number of fused-ring (bicyclic) bond motifs is 1. The fourth-order valence-electron chi connectivity index (χ4n) is 3.96. The van der Waals surface area contributed by atoms with E-state index in [2.05, 4.69) is 39.0 Å². The number of hydrogen-bond donors (Lipinski definition) is 0. The monoisotopic (exact) mass is 451 g/mol. The van der Waals surface area contributed by atoms with E-state index in [4.69, 9.17) is 4.52 Å². The number of thiophene rings is 1. The molecule has 0 saturated carbocycles. The molecule has 32 heavy (non-hydrogen) atoms. The van der Waals surface area contributed by atoms with Gasteiger partial charge in [0.25, 0.3) is 5.91 Å². The number of piperazine rings is 1. The summed E-state index contributed by atoms with van der Waals surface area (Å²) in [4.78, 5) is 27.5. The molecule has 1 fully saturated rings. The summed E-state index contributed by atoms with van der Waals surface area (Å²) in [5.41, 5.74) is 2.20. The zero-order valence-corrected chi connectivity index (χ0v) is 19.2. The zero-order chi connectivity index (χ0) is 22.2. The Labute approximate surface area is 189 Å². The van der Waals surface area contributed by atoms with E-state index in [1.807, 2.05) is 40.1 Å². The van der Waals surface area contributed by atoms with Crippen LogP contribution in [0.2, 0.25) is 0 Å². The van der Waals surface area contributed by atoms with Gasteiger partial charge in [0.15, 0.2) is 5.65 Å². The first-order valence-electron chi connectivity index (χ1n) is 10.7. The molecule has 0 spiro atoms. The molecule has 10 heteroatoms. The maximum absolute atomic E-state index is 13.2. The van der Waals surface area contributed by atoms with Crippen molar-refractivity contribution in [3.8, 4) is 10.7 Å². The molecule has 1 amide bonds. The maximum Gasteiger partial charge on any atom is 0.255 e. The number of aromatic nitrogens is 5. The number of pyridine rings is 1. The summed E-state index contributed by atoms with van der Waals surface area (Å²) in [6, 6.07) is 6.08. The molecule has 1 aliphatic heterocycles. The van der Waals surface area contributed by atoms with Gasteiger partial charge in [-0.3, -0.25) is 9.69 Å². The number of carbonyl (C=O) groups excluding carboxylic acids is 1. The summed E-state index contributed by atoms with van der Waals surface area (Å²) >= 11 is 1.59. The van der Waals surface area contributed by atoms with Crippen LogP contribution in [0.25, 0.3) is 21.7 Å². The van der Waals surface area contributed by atoms with Gasteiger partial charge in [-0.05, 0) is 38.3 Å². The predicted octanol–water partition coefficient (Wildman–Crippen LogP) is 3.39. The second-order valence-corrected chi connectivity index (χ2v) is 9.22. The van der Waals surface area contributed by atoms with E-state index >= 15 is 0 Å². The Kier molecular flexibility index (Phi) is 5.48. The fraction of sp³-hybridized carbons (Fsp3) is 0.409. The Morgan fingerprint density at radius 3 is 2.75 bits per heavy atom. The second kappa shape index (κ2) is 8.44. The van der Waals surface area contributed by atoms with Crippen LogP contribution >= 0.6 is 11.3 Å². The molecule has 5 rings (SSSR count). The van der Waals surface area contributed by atoms with Gasteiger partial charge in [0.05, 0.1) is 28.9 Å². The van der Waals surface area contributed by atoms with Crippen molar-refractivity contribution in [2.45, 2.75) is 33.4 Å². The topological polar surface area (TPSA) is 93.2 Å². The Hall–Kier alpha value is -3.11. The highest BCUT2D eigenvalue weighted by molar-refractivity contribution is 7.13. The molecule has 0 unspecified atom stereocenters. The highest BCUT2D eigenvalue weighted by Crippen LogP contribution is 2.23. The predicted molar refractivity (Wildman–Crippen MR) is 121 cm³/mol. The molecule has 5 heterocycles. The summed E-state index contributed by atoms with van der Waals surface area (Å²) in [5.74, 6) is 1.25. The van der Waals surface area contributed by atoms with Crippen molar-refractivity contribution in [1.29, 1.82) is 0 Å². The van der Waals surface area contributed by atoms with E-state index < -0.39 is 0 Å². The number of aryl methyl sites for hydroxylation is 1. The minimum atomic E-state index is 0.0200. The Bertz CT molecular complexity index is 1240. The van der Waals surface area contributed by atoms with Gasteiger partial charge in [0.1, 0.15) is 0 Å². The maximum atomic E-state index is 13.2. The van der Waals surface area contributed by atoms with E-state index in [0.717, 1.165) is 34.7 Å². The van der Waals surface area contributed by atoms with Gasteiger partial charge in [-0.1, -0.05) is 11.2 Å². The summed E-state index contributed by atoms with van der Waals surface area (Å²) < 4.78 is 7.30. The molecule has 0 radical (unpaired) electrons. The first-order chi connectivity index (χ1) is 15.5. The fourth-order valence-corrected chi connectivity index (χ4v) is 4.60. The Morgan fingerprint density at radius 2 is 2.03 bits per heavy atom. The molecule has 166 valence electrons. The standard InChI is InChI=1S/C22H25N7O2S/c1-14(2)29-21-16(12-23-29)11-17(15(3)24-21)22(30)28-8-6-27(7-9-28)13-19-25-20(26-31-19)18-5-4-10-32-18/h4-5,10-12,14H,6-9,13H2,1-3H3. The van der Waals surface area contributed by atoms with Gasteiger partial charge in [-0.15, -0.1) is 11.3 Å². The summed E-state index contributed by atoms with van der Waals surface area (Å²) in [6.07, 6.45) is 1.78. The zero-order valence-electron chi connectivity index (χ0n) is 18.4. The molecular formula is C22H25N7O2S. The van der Waals surface area contributed by atoms with E-state index in [0.29, 0.717) is 36.9 Å². The third-order valence-electron chi connectivity index (χ3n) is 5.71. The lowest BCUT2D eigenvalue weighted by atomic mass is 10.1. The lowest BCUT2D eigenvalue weighted by Gasteiger charge is -2.34. The third-order valence-corrected chi connectivity index (χ3v) is 6.57. The number of hydrogen-bond acceptors (Lipinski definition) is 8. The number of rotatable bonds is 5. The number of carbonyl (C=O) groups is 1. The lowest BCUT2D eigenvalue weighted by Crippen LogP contribution is -2.48. The van der Waals surface area contributed by atoms with Crippen molar-refractivity contribution in [3.05, 3.63) is 46.9 Å². The molecule has 9 nitrogen and oxygen atoms in total. The highest BCUT2D eigenvalue weighted by Gasteiger charge is 2.25. The van der Waals surface area contributed by atoms with Crippen molar-refractivity contribution in [3.63, 3.8) is 0 Å². The normalized spacial score (nSPS) is 15.2. The minimum Gasteiger partial charge on any atom is -0.338 e. The van der Waals surface area contributed by atoms with Crippen molar-refractivity contribution in [2.24, 2.45) is 0 Å². The summed E-state index contributed by atoms with van der Waals surface area (Å²) in [5, 5.41) is 11.4. The van der Waals surface area contributed by atoms with Crippen LogP contribution in [-0.2, 0) is 6.54 Å². The van der Waals surface area contributed by atoms with Crippen LogP contribution in [0.4, 0.5) is 0 Å². The van der Waals surface area contributed by atoms with E-state index in [1.54, 1.807) is 17.5 Å². The van der Waals surface area contributed by atoms with E-state index in [9.17, 15) is 4.79 Å². The van der Waals surface area contributed by atoms with Crippen LogP contribution in [0.3, 0.4) is 0 Å². The molecule has 0 atom stereocenters. The molecule has 0 aromatic carbocycles. The van der Waals surface area contributed by atoms with Gasteiger partial charge < -0.3 is 9.42 Å². The van der Waals surface area contributed by atoms with Gasteiger partial charge in [-0.25, -0.2) is 9.67 Å². The highest BCUT2D eigenvalue weighted by atomic mass is 32.1. The van der Waals surface area contributed by atoms with Crippen molar-refractivity contribution < 1.29 is 9.32 Å². The van der Waals surface area contributed by atoms with Crippen LogP contribution < -0.4 is 0 Å². The van der Waals surface area contributed by atoms with Crippen LogP contribution in [0.1, 0.15) is 41.8 Å². The molecule has 0 N–H and O–H groups in total. The Morgan fingerprint density at radius 1 is 1.22 bits per heavy atom. The smallest absolute Gasteiger partial charge is 0.255 e. The van der Waals surface area contributed by atoms with Crippen molar-refractivity contribution in [2.75, 3.05) is 26.2 Å². The molecule has 0 bridgehead atoms. The molecule has 1 saturated heterocycles. The van der Waals surface area contributed by atoms with E-state index in [1.165, 1.54) is 0 Å². The van der Waals surface area contributed by atoms with Gasteiger partial charge in [-0.2, -0.15) is 10.1 Å².